The van der Waals surface area contributed by atoms with E-state index in [1.807, 2.05) is 24.3 Å². The zero-order valence-electron chi connectivity index (χ0n) is 10.5. The highest BCUT2D eigenvalue weighted by molar-refractivity contribution is 9.11. The van der Waals surface area contributed by atoms with E-state index >= 15 is 0 Å². The average Bonchev–Trinajstić information content (AvgIpc) is 2.38. The summed E-state index contributed by atoms with van der Waals surface area (Å²) in [7, 11) is 0. The summed E-state index contributed by atoms with van der Waals surface area (Å²) in [6, 6.07) is 9.26. The van der Waals surface area contributed by atoms with Crippen LogP contribution in [0.5, 0.6) is 5.75 Å². The minimum atomic E-state index is 0.322. The number of nitrogens with two attached hydrogens (primary N) is 1. The van der Waals surface area contributed by atoms with E-state index in [9.17, 15) is 0 Å². The third kappa shape index (κ3) is 4.42. The number of hydrogen-bond acceptors (Lipinski definition) is 2. The van der Waals surface area contributed by atoms with Gasteiger partial charge in [-0.05, 0) is 50.1 Å². The van der Waals surface area contributed by atoms with Gasteiger partial charge in [0.1, 0.15) is 17.3 Å². The maximum atomic E-state index is 6.22. The average molecular weight is 514 g/mol. The molecule has 0 atom stereocenters. The van der Waals surface area contributed by atoms with E-state index in [2.05, 4.69) is 47.8 Å². The van der Waals surface area contributed by atoms with Gasteiger partial charge in [0.05, 0.1) is 8.95 Å². The fraction of sp³-hybridized carbons (Fsp3) is 0.0714. The van der Waals surface area contributed by atoms with Gasteiger partial charge < -0.3 is 10.5 Å². The maximum Gasteiger partial charge on any atom is 0.148 e. The fourth-order valence-corrected chi connectivity index (χ4v) is 4.48. The summed E-state index contributed by atoms with van der Waals surface area (Å²) in [5.41, 5.74) is 7.18. The second-order valence-corrected chi connectivity index (χ2v) is 7.63. The number of hydrogen-bond donors (Lipinski definition) is 1. The van der Waals surface area contributed by atoms with Crippen molar-refractivity contribution in [1.82, 2.24) is 0 Å². The molecule has 2 nitrogen and oxygen atoms in total. The molecule has 0 fully saturated rings. The first-order chi connectivity index (χ1) is 9.88. The van der Waals surface area contributed by atoms with E-state index in [-0.39, 0.29) is 0 Å². The molecule has 2 aromatic carbocycles. The lowest BCUT2D eigenvalue weighted by Gasteiger charge is -2.12. The number of benzene rings is 2. The van der Waals surface area contributed by atoms with Gasteiger partial charge in [0, 0.05) is 20.6 Å². The van der Waals surface area contributed by atoms with E-state index in [0.717, 1.165) is 24.5 Å². The summed E-state index contributed by atoms with van der Waals surface area (Å²) in [6.07, 6.45) is 0. The summed E-state index contributed by atoms with van der Waals surface area (Å²) >= 11 is 21.5. The van der Waals surface area contributed by atoms with Gasteiger partial charge in [-0.2, -0.15) is 0 Å². The van der Waals surface area contributed by atoms with Gasteiger partial charge in [0.15, 0.2) is 0 Å². The van der Waals surface area contributed by atoms with Crippen LogP contribution in [0.25, 0.3) is 0 Å². The molecule has 0 unspecified atom stereocenters. The van der Waals surface area contributed by atoms with Crippen molar-refractivity contribution < 1.29 is 4.74 Å². The minimum absolute atomic E-state index is 0.322. The van der Waals surface area contributed by atoms with Gasteiger partial charge in [0.2, 0.25) is 0 Å². The number of ether oxygens (including phenoxy) is 1. The molecule has 0 spiro atoms. The SMILES string of the molecule is NC(=S)c1ccc(COc2c(Br)cc(Br)cc2Br)c(Cl)c1. The van der Waals surface area contributed by atoms with Crippen LogP contribution in [-0.2, 0) is 6.61 Å². The van der Waals surface area contributed by atoms with Crippen molar-refractivity contribution >= 4 is 76.6 Å². The lowest BCUT2D eigenvalue weighted by Crippen LogP contribution is -2.09. The second kappa shape index (κ2) is 7.42. The Morgan fingerprint density at radius 1 is 1.14 bits per heavy atom. The predicted molar refractivity (Wildman–Crippen MR) is 101 cm³/mol. The van der Waals surface area contributed by atoms with Gasteiger partial charge in [-0.3, -0.25) is 0 Å². The molecule has 0 aliphatic carbocycles. The van der Waals surface area contributed by atoms with Crippen molar-refractivity contribution in [2.45, 2.75) is 6.61 Å². The number of halogens is 4. The maximum absolute atomic E-state index is 6.22. The van der Waals surface area contributed by atoms with E-state index in [0.29, 0.717) is 22.4 Å². The Morgan fingerprint density at radius 3 is 2.29 bits per heavy atom. The quantitative estimate of drug-likeness (QED) is 0.521. The Hall–Kier alpha value is -0.140. The highest BCUT2D eigenvalue weighted by Crippen LogP contribution is 2.37. The van der Waals surface area contributed by atoms with Crippen molar-refractivity contribution in [3.8, 4) is 5.75 Å². The van der Waals surface area contributed by atoms with E-state index in [1.165, 1.54) is 0 Å². The first kappa shape index (κ1) is 17.2. The molecular formula is C14H9Br3ClNOS. The van der Waals surface area contributed by atoms with Crippen LogP contribution >= 0.6 is 71.6 Å². The van der Waals surface area contributed by atoms with E-state index in [4.69, 9.17) is 34.3 Å². The molecule has 21 heavy (non-hydrogen) atoms. The number of rotatable bonds is 4. The van der Waals surface area contributed by atoms with Crippen molar-refractivity contribution in [3.63, 3.8) is 0 Å². The van der Waals surface area contributed by atoms with Gasteiger partial charge in [-0.25, -0.2) is 0 Å². The molecule has 0 heterocycles. The molecule has 0 amide bonds. The lowest BCUT2D eigenvalue weighted by atomic mass is 10.1. The Labute approximate surface area is 158 Å². The fourth-order valence-electron chi connectivity index (χ4n) is 1.63. The van der Waals surface area contributed by atoms with Crippen LogP contribution in [0.4, 0.5) is 0 Å². The summed E-state index contributed by atoms with van der Waals surface area (Å²) < 4.78 is 8.47. The number of thiocarbonyl (C=S) groups is 1. The van der Waals surface area contributed by atoms with Gasteiger partial charge in [0.25, 0.3) is 0 Å². The first-order valence-corrected chi connectivity index (χ1v) is 8.90. The summed E-state index contributed by atoms with van der Waals surface area (Å²) in [6.45, 7) is 0.343. The molecule has 0 aliphatic heterocycles. The summed E-state index contributed by atoms with van der Waals surface area (Å²) in [4.78, 5) is 0.322. The molecule has 110 valence electrons. The summed E-state index contributed by atoms with van der Waals surface area (Å²) in [5.74, 6) is 0.715. The second-order valence-electron chi connectivity index (χ2n) is 4.16. The van der Waals surface area contributed by atoms with Crippen LogP contribution in [0.2, 0.25) is 5.02 Å². The highest BCUT2D eigenvalue weighted by Gasteiger charge is 2.10. The Kier molecular flexibility index (Phi) is 6.08. The minimum Gasteiger partial charge on any atom is -0.486 e. The molecule has 0 saturated carbocycles. The topological polar surface area (TPSA) is 35.2 Å². The molecule has 0 aromatic heterocycles. The standard InChI is InChI=1S/C14H9Br3ClNOS/c15-9-4-10(16)13(11(17)5-9)20-6-8-2-1-7(14(19)21)3-12(8)18/h1-5H,6H2,(H2,19,21). The third-order valence-corrected chi connectivity index (χ3v) is 4.90. The first-order valence-electron chi connectivity index (χ1n) is 5.74. The Bertz CT molecular complexity index is 686. The molecule has 0 bridgehead atoms. The van der Waals surface area contributed by atoms with Crippen molar-refractivity contribution in [3.05, 3.63) is 59.9 Å². The molecule has 0 radical (unpaired) electrons. The zero-order valence-corrected chi connectivity index (χ0v) is 16.8. The van der Waals surface area contributed by atoms with Crippen molar-refractivity contribution in [1.29, 1.82) is 0 Å². The van der Waals surface area contributed by atoms with Crippen LogP contribution in [-0.4, -0.2) is 4.99 Å². The molecule has 2 rings (SSSR count). The lowest BCUT2D eigenvalue weighted by molar-refractivity contribution is 0.302. The van der Waals surface area contributed by atoms with Gasteiger partial charge >= 0.3 is 0 Å². The monoisotopic (exact) mass is 511 g/mol. The third-order valence-electron chi connectivity index (χ3n) is 2.67. The van der Waals surface area contributed by atoms with Crippen molar-refractivity contribution in [2.24, 2.45) is 5.73 Å². The van der Waals surface area contributed by atoms with E-state index < -0.39 is 0 Å². The normalized spacial score (nSPS) is 10.5. The molecule has 7 heteroatoms. The molecule has 2 aromatic rings. The van der Waals surface area contributed by atoms with E-state index in [1.54, 1.807) is 6.07 Å². The van der Waals surface area contributed by atoms with Gasteiger partial charge in [-0.1, -0.05) is 51.9 Å². The smallest absolute Gasteiger partial charge is 0.148 e. The Morgan fingerprint density at radius 2 is 1.76 bits per heavy atom. The van der Waals surface area contributed by atoms with Crippen molar-refractivity contribution in [2.75, 3.05) is 0 Å². The molecule has 0 aliphatic rings. The summed E-state index contributed by atoms with van der Waals surface area (Å²) in [5, 5.41) is 0.574. The Balaban J connectivity index is 2.19. The zero-order chi connectivity index (χ0) is 15.6. The van der Waals surface area contributed by atoms with Crippen LogP contribution in [0.3, 0.4) is 0 Å². The molecule has 0 saturated heterocycles. The van der Waals surface area contributed by atoms with Gasteiger partial charge in [-0.15, -0.1) is 0 Å². The van der Waals surface area contributed by atoms with Crippen LogP contribution in [0.1, 0.15) is 11.1 Å². The predicted octanol–water partition coefficient (Wildman–Crippen LogP) is 5.84. The highest BCUT2D eigenvalue weighted by atomic mass is 79.9. The largest absolute Gasteiger partial charge is 0.486 e. The molecular weight excluding hydrogens is 505 g/mol. The molecule has 2 N–H and O–H groups in total. The van der Waals surface area contributed by atoms with Crippen LogP contribution in [0.15, 0.2) is 43.7 Å². The van der Waals surface area contributed by atoms with Crippen LogP contribution in [0, 0.1) is 0 Å². The van der Waals surface area contributed by atoms with Crippen LogP contribution < -0.4 is 10.5 Å².